The summed E-state index contributed by atoms with van der Waals surface area (Å²) < 4.78 is 67.8. The maximum absolute atomic E-state index is 13.9. The Balaban J connectivity index is 1.37. The zero-order valence-electron chi connectivity index (χ0n) is 16.4. The molecule has 1 aliphatic rings. The van der Waals surface area contributed by atoms with Gasteiger partial charge < -0.3 is 5.32 Å². The Morgan fingerprint density at radius 3 is 2.06 bits per heavy atom. The highest BCUT2D eigenvalue weighted by Gasteiger charge is 2.28. The van der Waals surface area contributed by atoms with Gasteiger partial charge in [-0.05, 0) is 35.7 Å². The summed E-state index contributed by atoms with van der Waals surface area (Å²) in [7, 11) is 0. The molecule has 0 spiro atoms. The van der Waals surface area contributed by atoms with Gasteiger partial charge in [0.25, 0.3) is 5.91 Å². The normalized spacial score (nSPS) is 15.4. The van der Waals surface area contributed by atoms with E-state index in [0.717, 1.165) is 10.8 Å². The molecule has 3 aromatic carbocycles. The number of piperidine rings is 1. The molecule has 0 aliphatic carbocycles. The Morgan fingerprint density at radius 2 is 1.42 bits per heavy atom. The number of benzene rings is 3. The van der Waals surface area contributed by atoms with Crippen LogP contribution >= 0.6 is 0 Å². The van der Waals surface area contributed by atoms with Crippen molar-refractivity contribution < 1.29 is 26.7 Å². The minimum Gasteiger partial charge on any atom is -0.349 e. The van der Waals surface area contributed by atoms with Gasteiger partial charge in [0.05, 0.1) is 0 Å². The Hall–Kier alpha value is -3.00. The molecule has 1 aliphatic heterocycles. The van der Waals surface area contributed by atoms with Crippen LogP contribution < -0.4 is 5.32 Å². The average Bonchev–Trinajstić information content (AvgIpc) is 2.80. The third-order valence-corrected chi connectivity index (χ3v) is 5.62. The van der Waals surface area contributed by atoms with Crippen LogP contribution in [0.4, 0.5) is 22.0 Å². The zero-order valence-corrected chi connectivity index (χ0v) is 16.4. The molecule has 1 amide bonds. The van der Waals surface area contributed by atoms with Crippen molar-refractivity contribution >= 4 is 16.7 Å². The van der Waals surface area contributed by atoms with Gasteiger partial charge in [-0.1, -0.05) is 30.3 Å². The molecule has 0 saturated carbocycles. The molecule has 4 rings (SSSR count). The van der Waals surface area contributed by atoms with Gasteiger partial charge in [0.15, 0.2) is 23.3 Å². The van der Waals surface area contributed by atoms with Gasteiger partial charge >= 0.3 is 0 Å². The molecule has 0 unspecified atom stereocenters. The number of hydrogen-bond donors (Lipinski definition) is 1. The second-order valence-electron chi connectivity index (χ2n) is 7.63. The molecule has 8 heteroatoms. The average molecular weight is 434 g/mol. The molecule has 0 atom stereocenters. The number of rotatable bonds is 4. The Kier molecular flexibility index (Phi) is 5.91. The van der Waals surface area contributed by atoms with Crippen LogP contribution in [-0.4, -0.2) is 29.9 Å². The van der Waals surface area contributed by atoms with Crippen LogP contribution in [0.3, 0.4) is 0 Å². The maximum Gasteiger partial charge on any atom is 0.251 e. The number of carbonyl (C=O) groups is 1. The van der Waals surface area contributed by atoms with E-state index < -0.39 is 41.2 Å². The summed E-state index contributed by atoms with van der Waals surface area (Å²) in [6.45, 7) is 0.307. The Morgan fingerprint density at radius 1 is 0.839 bits per heavy atom. The third-order valence-electron chi connectivity index (χ3n) is 5.62. The summed E-state index contributed by atoms with van der Waals surface area (Å²) >= 11 is 0. The molecule has 0 radical (unpaired) electrons. The van der Waals surface area contributed by atoms with E-state index in [1.54, 1.807) is 11.0 Å². The quantitative estimate of drug-likeness (QED) is 0.359. The first-order valence-corrected chi connectivity index (χ1v) is 9.87. The number of likely N-dealkylation sites (tertiary alicyclic amines) is 1. The standard InChI is InChI=1S/C23H19F5N2O/c24-18-17(19(25)21(27)22(28)20(18)26)12-30-9-7-16(8-10-30)29-23(31)15-6-5-13-3-1-2-4-14(13)11-15/h1-6,11,16H,7-10,12H2,(H,29,31). The van der Waals surface area contributed by atoms with Crippen molar-refractivity contribution in [3.63, 3.8) is 0 Å². The van der Waals surface area contributed by atoms with Crippen LogP contribution in [0.25, 0.3) is 10.8 Å². The van der Waals surface area contributed by atoms with Gasteiger partial charge in [0.1, 0.15) is 0 Å². The van der Waals surface area contributed by atoms with Crippen LogP contribution in [0.15, 0.2) is 42.5 Å². The SMILES string of the molecule is O=C(NC1CCN(Cc2c(F)c(F)c(F)c(F)c2F)CC1)c1ccc2ccccc2c1. The second kappa shape index (κ2) is 8.63. The summed E-state index contributed by atoms with van der Waals surface area (Å²) in [5, 5.41) is 4.93. The molecule has 162 valence electrons. The summed E-state index contributed by atoms with van der Waals surface area (Å²) in [6, 6.07) is 13.0. The molecule has 0 bridgehead atoms. The fourth-order valence-corrected chi connectivity index (χ4v) is 3.85. The minimum atomic E-state index is -2.16. The topological polar surface area (TPSA) is 32.3 Å². The fraction of sp³-hybridized carbons (Fsp3) is 0.261. The molecule has 1 heterocycles. The second-order valence-corrected chi connectivity index (χ2v) is 7.63. The summed E-state index contributed by atoms with van der Waals surface area (Å²) in [5.41, 5.74) is -0.308. The predicted molar refractivity (Wildman–Crippen MR) is 106 cm³/mol. The molecule has 1 N–H and O–H groups in total. The van der Waals surface area contributed by atoms with Crippen molar-refractivity contribution in [2.75, 3.05) is 13.1 Å². The van der Waals surface area contributed by atoms with E-state index in [9.17, 15) is 26.7 Å². The lowest BCUT2D eigenvalue weighted by atomic mass is 10.0. The Labute approximate surface area is 175 Å². The minimum absolute atomic E-state index is 0.147. The van der Waals surface area contributed by atoms with E-state index in [-0.39, 0.29) is 11.9 Å². The van der Waals surface area contributed by atoms with E-state index in [4.69, 9.17) is 0 Å². The highest BCUT2D eigenvalue weighted by atomic mass is 19.2. The molecule has 1 fully saturated rings. The van der Waals surface area contributed by atoms with Crippen molar-refractivity contribution in [3.05, 3.63) is 82.7 Å². The van der Waals surface area contributed by atoms with Crippen molar-refractivity contribution in [1.82, 2.24) is 10.2 Å². The van der Waals surface area contributed by atoms with Gasteiger partial charge in [-0.15, -0.1) is 0 Å². The highest BCUT2D eigenvalue weighted by Crippen LogP contribution is 2.25. The molecule has 1 saturated heterocycles. The lowest BCUT2D eigenvalue weighted by molar-refractivity contribution is 0.0908. The van der Waals surface area contributed by atoms with Crippen LogP contribution in [0, 0.1) is 29.1 Å². The number of nitrogens with zero attached hydrogens (tertiary/aromatic N) is 1. The number of halogens is 5. The van der Waals surface area contributed by atoms with E-state index in [1.807, 2.05) is 36.4 Å². The first-order chi connectivity index (χ1) is 14.8. The Bertz CT molecular complexity index is 1110. The van der Waals surface area contributed by atoms with Crippen LogP contribution in [0.5, 0.6) is 0 Å². The maximum atomic E-state index is 13.9. The first kappa shape index (κ1) is 21.2. The van der Waals surface area contributed by atoms with Gasteiger partial charge in [-0.25, -0.2) is 22.0 Å². The molecular weight excluding hydrogens is 415 g/mol. The van der Waals surface area contributed by atoms with Gasteiger partial charge in [-0.2, -0.15) is 0 Å². The summed E-state index contributed by atoms with van der Waals surface area (Å²) in [5.74, 6) is -9.86. The lowest BCUT2D eigenvalue weighted by Gasteiger charge is -2.32. The van der Waals surface area contributed by atoms with E-state index in [1.165, 1.54) is 0 Å². The van der Waals surface area contributed by atoms with Gasteiger partial charge in [0.2, 0.25) is 5.82 Å². The van der Waals surface area contributed by atoms with Crippen molar-refractivity contribution in [1.29, 1.82) is 0 Å². The molecule has 3 aromatic rings. The molecule has 0 aromatic heterocycles. The monoisotopic (exact) mass is 434 g/mol. The molecule has 3 nitrogen and oxygen atoms in total. The van der Waals surface area contributed by atoms with Gasteiger partial charge in [-0.3, -0.25) is 9.69 Å². The lowest BCUT2D eigenvalue weighted by Crippen LogP contribution is -2.44. The smallest absolute Gasteiger partial charge is 0.251 e. The first-order valence-electron chi connectivity index (χ1n) is 9.87. The fourth-order valence-electron chi connectivity index (χ4n) is 3.85. The zero-order chi connectivity index (χ0) is 22.1. The third kappa shape index (κ3) is 4.25. The van der Waals surface area contributed by atoms with Crippen molar-refractivity contribution in [2.24, 2.45) is 0 Å². The number of fused-ring (bicyclic) bond motifs is 1. The van der Waals surface area contributed by atoms with Crippen LogP contribution in [0.1, 0.15) is 28.8 Å². The number of hydrogen-bond acceptors (Lipinski definition) is 2. The molecule has 31 heavy (non-hydrogen) atoms. The van der Waals surface area contributed by atoms with Crippen molar-refractivity contribution in [2.45, 2.75) is 25.4 Å². The number of nitrogens with one attached hydrogen (secondary N) is 1. The van der Waals surface area contributed by atoms with E-state index >= 15 is 0 Å². The number of carbonyl (C=O) groups excluding carboxylic acids is 1. The van der Waals surface area contributed by atoms with E-state index in [2.05, 4.69) is 5.32 Å². The van der Waals surface area contributed by atoms with Crippen LogP contribution in [0.2, 0.25) is 0 Å². The number of amides is 1. The predicted octanol–water partition coefficient (Wildman–Crippen LogP) is 4.93. The van der Waals surface area contributed by atoms with Gasteiger partial charge in [0, 0.05) is 36.8 Å². The van der Waals surface area contributed by atoms with E-state index in [0.29, 0.717) is 31.5 Å². The summed E-state index contributed by atoms with van der Waals surface area (Å²) in [6.07, 6.45) is 0.990. The van der Waals surface area contributed by atoms with Crippen LogP contribution in [-0.2, 0) is 6.54 Å². The van der Waals surface area contributed by atoms with Crippen molar-refractivity contribution in [3.8, 4) is 0 Å². The largest absolute Gasteiger partial charge is 0.349 e. The summed E-state index contributed by atoms with van der Waals surface area (Å²) in [4.78, 5) is 14.2. The highest BCUT2D eigenvalue weighted by molar-refractivity contribution is 5.98. The molecular formula is C23H19F5N2O.